The molecule has 1 N–H and O–H groups in total. The van der Waals surface area contributed by atoms with Crippen LogP contribution in [-0.4, -0.2) is 17.6 Å². The summed E-state index contributed by atoms with van der Waals surface area (Å²) in [6.45, 7) is 6.53. The quantitative estimate of drug-likeness (QED) is 0.768. The van der Waals surface area contributed by atoms with Crippen LogP contribution in [0, 0.1) is 12.8 Å². The zero-order valence-electron chi connectivity index (χ0n) is 8.13. The Bertz CT molecular complexity index is 292. The molecule has 0 spiro atoms. The SMILES string of the molecule is Cc1conc1C(=O)NCC(C)C. The van der Waals surface area contributed by atoms with E-state index < -0.39 is 0 Å². The van der Waals surface area contributed by atoms with E-state index in [-0.39, 0.29) is 5.91 Å². The number of hydrogen-bond acceptors (Lipinski definition) is 3. The van der Waals surface area contributed by atoms with E-state index >= 15 is 0 Å². The highest BCUT2D eigenvalue weighted by molar-refractivity contribution is 5.93. The number of aryl methyl sites for hydroxylation is 1. The Labute approximate surface area is 77.3 Å². The molecule has 13 heavy (non-hydrogen) atoms. The Kier molecular flexibility index (Phi) is 3.06. The third kappa shape index (κ3) is 2.57. The van der Waals surface area contributed by atoms with E-state index in [4.69, 9.17) is 0 Å². The summed E-state index contributed by atoms with van der Waals surface area (Å²) < 4.78 is 4.66. The van der Waals surface area contributed by atoms with E-state index in [1.165, 1.54) is 6.26 Å². The van der Waals surface area contributed by atoms with Gasteiger partial charge < -0.3 is 9.84 Å². The van der Waals surface area contributed by atoms with E-state index in [1.807, 2.05) is 13.8 Å². The van der Waals surface area contributed by atoms with Gasteiger partial charge in [-0.15, -0.1) is 0 Å². The van der Waals surface area contributed by atoms with Crippen LogP contribution in [-0.2, 0) is 0 Å². The van der Waals surface area contributed by atoms with Crippen molar-refractivity contribution >= 4 is 5.91 Å². The van der Waals surface area contributed by atoms with Gasteiger partial charge in [-0.1, -0.05) is 19.0 Å². The average molecular weight is 182 g/mol. The number of amides is 1. The minimum atomic E-state index is -0.167. The number of nitrogens with one attached hydrogen (secondary N) is 1. The molecule has 4 nitrogen and oxygen atoms in total. The third-order valence-corrected chi connectivity index (χ3v) is 1.63. The summed E-state index contributed by atoms with van der Waals surface area (Å²) in [5, 5.41) is 6.37. The summed E-state index contributed by atoms with van der Waals surface area (Å²) in [6.07, 6.45) is 1.46. The number of carbonyl (C=O) groups excluding carboxylic acids is 1. The summed E-state index contributed by atoms with van der Waals surface area (Å²) in [6, 6.07) is 0. The van der Waals surface area contributed by atoms with Crippen LogP contribution < -0.4 is 5.32 Å². The normalized spacial score (nSPS) is 10.5. The van der Waals surface area contributed by atoms with Crippen LogP contribution in [0.15, 0.2) is 10.8 Å². The molecule has 0 saturated heterocycles. The van der Waals surface area contributed by atoms with Crippen LogP contribution in [0.1, 0.15) is 29.9 Å². The van der Waals surface area contributed by atoms with Crippen molar-refractivity contribution in [3.05, 3.63) is 17.5 Å². The van der Waals surface area contributed by atoms with Crippen molar-refractivity contribution in [2.75, 3.05) is 6.54 Å². The molecule has 1 heterocycles. The Morgan fingerprint density at radius 1 is 1.69 bits per heavy atom. The maximum atomic E-state index is 11.4. The number of carbonyl (C=O) groups is 1. The van der Waals surface area contributed by atoms with Crippen LogP contribution >= 0.6 is 0 Å². The molecule has 0 fully saturated rings. The minimum Gasteiger partial charge on any atom is -0.364 e. The van der Waals surface area contributed by atoms with E-state index in [9.17, 15) is 4.79 Å². The number of hydrogen-bond donors (Lipinski definition) is 1. The molecule has 1 aromatic heterocycles. The van der Waals surface area contributed by atoms with Crippen molar-refractivity contribution in [1.82, 2.24) is 10.5 Å². The third-order valence-electron chi connectivity index (χ3n) is 1.63. The molecule has 1 aromatic rings. The molecule has 4 heteroatoms. The molecule has 0 aliphatic heterocycles. The molecule has 1 rings (SSSR count). The highest BCUT2D eigenvalue weighted by Crippen LogP contribution is 2.03. The van der Waals surface area contributed by atoms with Gasteiger partial charge >= 0.3 is 0 Å². The molecule has 0 aliphatic rings. The van der Waals surface area contributed by atoms with Crippen LogP contribution in [0.3, 0.4) is 0 Å². The lowest BCUT2D eigenvalue weighted by molar-refractivity contribution is 0.0939. The Morgan fingerprint density at radius 3 is 2.85 bits per heavy atom. The fourth-order valence-corrected chi connectivity index (χ4v) is 0.887. The molecule has 0 saturated carbocycles. The predicted molar refractivity (Wildman–Crippen MR) is 48.4 cm³/mol. The lowest BCUT2D eigenvalue weighted by Gasteiger charge is -2.05. The first kappa shape index (κ1) is 9.77. The van der Waals surface area contributed by atoms with Gasteiger partial charge in [0.15, 0.2) is 5.69 Å². The maximum absolute atomic E-state index is 11.4. The molecule has 0 aliphatic carbocycles. The van der Waals surface area contributed by atoms with Crippen molar-refractivity contribution in [3.63, 3.8) is 0 Å². The summed E-state index contributed by atoms with van der Waals surface area (Å²) >= 11 is 0. The van der Waals surface area contributed by atoms with Crippen LogP contribution in [0.5, 0.6) is 0 Å². The first-order chi connectivity index (χ1) is 6.11. The fourth-order valence-electron chi connectivity index (χ4n) is 0.887. The molecule has 72 valence electrons. The number of nitrogens with zero attached hydrogens (tertiary/aromatic N) is 1. The molecule has 0 radical (unpaired) electrons. The van der Waals surface area contributed by atoms with Crippen molar-refractivity contribution in [3.8, 4) is 0 Å². The summed E-state index contributed by atoms with van der Waals surface area (Å²) in [5.41, 5.74) is 1.14. The lowest BCUT2D eigenvalue weighted by Crippen LogP contribution is -2.28. The zero-order chi connectivity index (χ0) is 9.84. The van der Waals surface area contributed by atoms with Gasteiger partial charge in [-0.2, -0.15) is 0 Å². The Balaban J connectivity index is 2.54. The van der Waals surface area contributed by atoms with Gasteiger partial charge in [-0.05, 0) is 12.8 Å². The standard InChI is InChI=1S/C9H14N2O2/c1-6(2)4-10-9(12)8-7(3)5-13-11-8/h5-6H,4H2,1-3H3,(H,10,12). The van der Waals surface area contributed by atoms with Crippen LogP contribution in [0.4, 0.5) is 0 Å². The minimum absolute atomic E-state index is 0.167. The summed E-state index contributed by atoms with van der Waals surface area (Å²) in [5.74, 6) is 0.274. The summed E-state index contributed by atoms with van der Waals surface area (Å²) in [7, 11) is 0. The second-order valence-electron chi connectivity index (χ2n) is 3.45. The fraction of sp³-hybridized carbons (Fsp3) is 0.556. The van der Waals surface area contributed by atoms with Crippen molar-refractivity contribution in [1.29, 1.82) is 0 Å². The second kappa shape index (κ2) is 4.07. The molecular weight excluding hydrogens is 168 g/mol. The van der Waals surface area contributed by atoms with Crippen molar-refractivity contribution in [2.24, 2.45) is 5.92 Å². The predicted octanol–water partition coefficient (Wildman–Crippen LogP) is 1.37. The Hall–Kier alpha value is -1.32. The van der Waals surface area contributed by atoms with Gasteiger partial charge in [-0.3, -0.25) is 4.79 Å². The second-order valence-corrected chi connectivity index (χ2v) is 3.45. The average Bonchev–Trinajstić information content (AvgIpc) is 2.47. The smallest absolute Gasteiger partial charge is 0.273 e. The Morgan fingerprint density at radius 2 is 2.38 bits per heavy atom. The summed E-state index contributed by atoms with van der Waals surface area (Å²) in [4.78, 5) is 11.4. The first-order valence-corrected chi connectivity index (χ1v) is 4.30. The lowest BCUT2D eigenvalue weighted by atomic mass is 10.2. The maximum Gasteiger partial charge on any atom is 0.273 e. The molecule has 0 unspecified atom stereocenters. The topological polar surface area (TPSA) is 55.1 Å². The van der Waals surface area contributed by atoms with E-state index in [1.54, 1.807) is 6.92 Å². The number of aromatic nitrogens is 1. The molecule has 0 atom stereocenters. The highest BCUT2D eigenvalue weighted by Gasteiger charge is 2.12. The highest BCUT2D eigenvalue weighted by atomic mass is 16.5. The van der Waals surface area contributed by atoms with Gasteiger partial charge in [0.1, 0.15) is 6.26 Å². The van der Waals surface area contributed by atoms with Crippen molar-refractivity contribution in [2.45, 2.75) is 20.8 Å². The first-order valence-electron chi connectivity index (χ1n) is 4.30. The van der Waals surface area contributed by atoms with E-state index in [0.29, 0.717) is 18.2 Å². The molecule has 0 aromatic carbocycles. The van der Waals surface area contributed by atoms with Gasteiger partial charge in [0.25, 0.3) is 5.91 Å². The van der Waals surface area contributed by atoms with Gasteiger partial charge in [0.05, 0.1) is 0 Å². The van der Waals surface area contributed by atoms with Gasteiger partial charge in [0, 0.05) is 12.1 Å². The van der Waals surface area contributed by atoms with Crippen LogP contribution in [0.25, 0.3) is 0 Å². The largest absolute Gasteiger partial charge is 0.364 e. The van der Waals surface area contributed by atoms with Crippen LogP contribution in [0.2, 0.25) is 0 Å². The van der Waals surface area contributed by atoms with Gasteiger partial charge in [-0.25, -0.2) is 0 Å². The molecule has 1 amide bonds. The monoisotopic (exact) mass is 182 g/mol. The van der Waals surface area contributed by atoms with Gasteiger partial charge in [0.2, 0.25) is 0 Å². The molecule has 0 bridgehead atoms. The van der Waals surface area contributed by atoms with Crippen molar-refractivity contribution < 1.29 is 9.32 Å². The zero-order valence-corrected chi connectivity index (χ0v) is 8.13. The number of rotatable bonds is 3. The van der Waals surface area contributed by atoms with E-state index in [2.05, 4.69) is 15.0 Å². The molecular formula is C9H14N2O2. The van der Waals surface area contributed by atoms with E-state index in [0.717, 1.165) is 5.56 Å².